The average molecular weight is 332 g/mol. The van der Waals surface area contributed by atoms with Crippen molar-refractivity contribution in [1.82, 2.24) is 14.4 Å². The first-order valence-corrected chi connectivity index (χ1v) is 7.14. The lowest BCUT2D eigenvalue weighted by Crippen LogP contribution is -2.28. The number of benzene rings is 2. The molecule has 7 heteroatoms. The molecule has 1 N–H and O–H groups in total. The van der Waals surface area contributed by atoms with E-state index in [1.807, 2.05) is 0 Å². The highest BCUT2D eigenvalue weighted by atomic mass is 35.5. The smallest absolute Gasteiger partial charge is 0.269 e. The van der Waals surface area contributed by atoms with Gasteiger partial charge in [-0.1, -0.05) is 23.2 Å². The summed E-state index contributed by atoms with van der Waals surface area (Å²) in [7, 11) is 0. The third kappa shape index (κ3) is 1.83. The fraction of sp³-hybridized carbons (Fsp3) is 0. The van der Waals surface area contributed by atoms with Crippen LogP contribution in [0.3, 0.4) is 0 Å². The second kappa shape index (κ2) is 4.56. The van der Waals surface area contributed by atoms with Crippen LogP contribution in [0.5, 0.6) is 0 Å². The van der Waals surface area contributed by atoms with E-state index in [4.69, 9.17) is 23.2 Å². The third-order valence-corrected chi connectivity index (χ3v) is 3.96. The zero-order valence-corrected chi connectivity index (χ0v) is 12.4. The van der Waals surface area contributed by atoms with Crippen LogP contribution >= 0.6 is 23.2 Å². The van der Waals surface area contributed by atoms with Crippen LogP contribution in [0.25, 0.3) is 27.6 Å². The Labute approximate surface area is 132 Å². The Hall–Kier alpha value is -2.37. The van der Waals surface area contributed by atoms with E-state index in [9.17, 15) is 9.59 Å². The van der Waals surface area contributed by atoms with Crippen LogP contribution in [-0.4, -0.2) is 14.4 Å². The van der Waals surface area contributed by atoms with E-state index >= 15 is 0 Å². The van der Waals surface area contributed by atoms with Crippen LogP contribution in [0.4, 0.5) is 0 Å². The molecular formula is C15H7Cl2N3O2. The number of aromatic amines is 1. The predicted octanol–water partition coefficient (Wildman–Crippen LogP) is 3.00. The summed E-state index contributed by atoms with van der Waals surface area (Å²) in [6, 6.07) is 9.64. The molecule has 0 atom stereocenters. The molecule has 0 amide bonds. The van der Waals surface area contributed by atoms with Crippen LogP contribution in [0, 0.1) is 0 Å². The number of hydrogen-bond donors (Lipinski definition) is 1. The summed E-state index contributed by atoms with van der Waals surface area (Å²) >= 11 is 11.8. The van der Waals surface area contributed by atoms with Crippen molar-refractivity contribution < 1.29 is 0 Å². The Morgan fingerprint density at radius 1 is 0.909 bits per heavy atom. The highest BCUT2D eigenvalue weighted by Gasteiger charge is 2.12. The van der Waals surface area contributed by atoms with Gasteiger partial charge in [0.1, 0.15) is 0 Å². The molecule has 0 saturated carbocycles. The summed E-state index contributed by atoms with van der Waals surface area (Å²) < 4.78 is 0.997. The lowest BCUT2D eigenvalue weighted by Gasteiger charge is -2.05. The van der Waals surface area contributed by atoms with Gasteiger partial charge in [-0.05, 0) is 36.4 Å². The average Bonchev–Trinajstić information content (AvgIpc) is 2.49. The summed E-state index contributed by atoms with van der Waals surface area (Å²) in [6.07, 6.45) is 0. The monoisotopic (exact) mass is 331 g/mol. The van der Waals surface area contributed by atoms with Gasteiger partial charge >= 0.3 is 0 Å². The molecule has 0 aliphatic heterocycles. The Balaban J connectivity index is 2.32. The molecule has 0 radical (unpaired) electrons. The van der Waals surface area contributed by atoms with Gasteiger partial charge in [-0.3, -0.25) is 9.59 Å². The molecule has 2 heterocycles. The highest BCUT2D eigenvalue weighted by Crippen LogP contribution is 2.17. The summed E-state index contributed by atoms with van der Waals surface area (Å²) in [5.41, 5.74) is 0.101. The number of nitrogens with zero attached hydrogens (tertiary/aromatic N) is 2. The van der Waals surface area contributed by atoms with Crippen molar-refractivity contribution in [2.45, 2.75) is 0 Å². The van der Waals surface area contributed by atoms with E-state index in [0.29, 0.717) is 26.5 Å². The first kappa shape index (κ1) is 13.3. The molecule has 0 bridgehead atoms. The minimum atomic E-state index is -0.467. The quantitative estimate of drug-likeness (QED) is 0.503. The Kier molecular flexibility index (Phi) is 2.76. The van der Waals surface area contributed by atoms with Crippen LogP contribution < -0.4 is 11.1 Å². The first-order valence-electron chi connectivity index (χ1n) is 6.38. The van der Waals surface area contributed by atoms with Gasteiger partial charge in [-0.15, -0.1) is 0 Å². The summed E-state index contributed by atoms with van der Waals surface area (Å²) in [4.78, 5) is 32.5. The molecule has 4 rings (SSSR count). The number of nitrogens with one attached hydrogen (secondary N) is 1. The Morgan fingerprint density at radius 3 is 2.32 bits per heavy atom. The van der Waals surface area contributed by atoms with Crippen molar-refractivity contribution >= 4 is 50.8 Å². The zero-order chi connectivity index (χ0) is 15.4. The van der Waals surface area contributed by atoms with Gasteiger partial charge in [-0.2, -0.15) is 0 Å². The SMILES string of the molecule is O=c1c2cc(Cl)ccc2nc2[nH]c3ccc(Cl)cc3c(=O)n12. The molecule has 5 nitrogen and oxygen atoms in total. The van der Waals surface area contributed by atoms with E-state index in [2.05, 4.69) is 9.97 Å². The first-order chi connectivity index (χ1) is 10.5. The van der Waals surface area contributed by atoms with Gasteiger partial charge in [0, 0.05) is 10.0 Å². The van der Waals surface area contributed by atoms with Crippen LogP contribution in [0.2, 0.25) is 10.0 Å². The standard InChI is InChI=1S/C15H7Cl2N3O2/c16-7-1-3-11-9(5-7)13(21)20-14(22)10-6-8(17)2-4-12(10)19-15(20)18-11/h1-6H,(H,18,19). The lowest BCUT2D eigenvalue weighted by atomic mass is 10.2. The van der Waals surface area contributed by atoms with Gasteiger partial charge in [0.25, 0.3) is 11.1 Å². The highest BCUT2D eigenvalue weighted by molar-refractivity contribution is 6.31. The van der Waals surface area contributed by atoms with Crippen molar-refractivity contribution in [3.05, 3.63) is 67.2 Å². The Morgan fingerprint density at radius 2 is 1.55 bits per heavy atom. The van der Waals surface area contributed by atoms with Crippen LogP contribution in [0.15, 0.2) is 46.0 Å². The second-order valence-electron chi connectivity index (χ2n) is 4.86. The number of halogens is 2. The van der Waals surface area contributed by atoms with Gasteiger partial charge in [-0.25, -0.2) is 9.38 Å². The number of hydrogen-bond acceptors (Lipinski definition) is 3. The van der Waals surface area contributed by atoms with E-state index in [1.165, 1.54) is 12.1 Å². The largest absolute Gasteiger partial charge is 0.324 e. The molecule has 108 valence electrons. The molecule has 2 aromatic heterocycles. The maximum Gasteiger partial charge on any atom is 0.269 e. The molecule has 0 aliphatic carbocycles. The number of aromatic nitrogens is 3. The maximum absolute atomic E-state index is 12.6. The van der Waals surface area contributed by atoms with Crippen molar-refractivity contribution in [3.63, 3.8) is 0 Å². The van der Waals surface area contributed by atoms with Crippen LogP contribution in [-0.2, 0) is 0 Å². The number of fused-ring (bicyclic) bond motifs is 3. The van der Waals surface area contributed by atoms with Crippen LogP contribution in [0.1, 0.15) is 0 Å². The van der Waals surface area contributed by atoms with Gasteiger partial charge in [0.05, 0.1) is 21.8 Å². The van der Waals surface area contributed by atoms with Gasteiger partial charge in [0.2, 0.25) is 5.78 Å². The molecule has 0 spiro atoms. The van der Waals surface area contributed by atoms with E-state index in [-0.39, 0.29) is 11.2 Å². The number of H-pyrrole nitrogens is 1. The lowest BCUT2D eigenvalue weighted by molar-refractivity contribution is 1.01. The maximum atomic E-state index is 12.6. The topological polar surface area (TPSA) is 67.2 Å². The summed E-state index contributed by atoms with van der Waals surface area (Å²) in [6.45, 7) is 0. The minimum absolute atomic E-state index is 0.180. The van der Waals surface area contributed by atoms with Gasteiger partial charge < -0.3 is 4.98 Å². The summed E-state index contributed by atoms with van der Waals surface area (Å²) in [5, 5.41) is 1.44. The normalized spacial score (nSPS) is 11.5. The summed E-state index contributed by atoms with van der Waals surface area (Å²) in [5.74, 6) is 0.180. The Bertz CT molecular complexity index is 1100. The van der Waals surface area contributed by atoms with Gasteiger partial charge in [0.15, 0.2) is 0 Å². The minimum Gasteiger partial charge on any atom is -0.324 e. The molecule has 0 saturated heterocycles. The van der Waals surface area contributed by atoms with Crippen molar-refractivity contribution in [3.8, 4) is 0 Å². The van der Waals surface area contributed by atoms with E-state index in [0.717, 1.165) is 4.40 Å². The third-order valence-electron chi connectivity index (χ3n) is 3.49. The van der Waals surface area contributed by atoms with Crippen molar-refractivity contribution in [1.29, 1.82) is 0 Å². The molecule has 0 aliphatic rings. The molecule has 2 aromatic carbocycles. The van der Waals surface area contributed by atoms with E-state index in [1.54, 1.807) is 24.3 Å². The zero-order valence-electron chi connectivity index (χ0n) is 10.9. The molecule has 22 heavy (non-hydrogen) atoms. The molecule has 0 fully saturated rings. The fourth-order valence-corrected chi connectivity index (χ4v) is 2.82. The molecular weight excluding hydrogens is 325 g/mol. The van der Waals surface area contributed by atoms with Crippen molar-refractivity contribution in [2.24, 2.45) is 0 Å². The predicted molar refractivity (Wildman–Crippen MR) is 87.1 cm³/mol. The molecule has 0 unspecified atom stereocenters. The fourth-order valence-electron chi connectivity index (χ4n) is 2.47. The number of rotatable bonds is 0. The van der Waals surface area contributed by atoms with E-state index < -0.39 is 11.1 Å². The van der Waals surface area contributed by atoms with Crippen molar-refractivity contribution in [2.75, 3.05) is 0 Å². The second-order valence-corrected chi connectivity index (χ2v) is 5.73. The molecule has 4 aromatic rings.